The van der Waals surface area contributed by atoms with Crippen LogP contribution in [0, 0.1) is 0 Å². The predicted molar refractivity (Wildman–Crippen MR) is 67.6 cm³/mol. The maximum atomic E-state index is 5.61. The number of methoxy groups -OCH3 is 2. The van der Waals surface area contributed by atoms with Crippen LogP contribution in [0.25, 0.3) is 0 Å². The Morgan fingerprint density at radius 2 is 1.82 bits per heavy atom. The lowest BCUT2D eigenvalue weighted by atomic mass is 9.97. The summed E-state index contributed by atoms with van der Waals surface area (Å²) in [5.41, 5.74) is 8.13. The number of ether oxygens (including phenoxy) is 2. The van der Waals surface area contributed by atoms with Gasteiger partial charge in [0.25, 0.3) is 0 Å². The summed E-state index contributed by atoms with van der Waals surface area (Å²) in [5.74, 6) is 1.91. The van der Waals surface area contributed by atoms with Crippen molar-refractivity contribution in [2.45, 2.75) is 13.0 Å². The number of hydrogen-bond donors (Lipinski definition) is 1. The van der Waals surface area contributed by atoms with Crippen LogP contribution in [0.4, 0.5) is 0 Å². The largest absolute Gasteiger partial charge is 0.496 e. The molecule has 0 fully saturated rings. The van der Waals surface area contributed by atoms with Crippen LogP contribution in [0.3, 0.4) is 0 Å². The third kappa shape index (κ3) is 2.37. The molecule has 94 valence electrons. The maximum absolute atomic E-state index is 5.61. The second-order valence-corrected chi connectivity index (χ2v) is 4.24. The van der Waals surface area contributed by atoms with Crippen molar-refractivity contribution in [3.8, 4) is 11.5 Å². The number of nitrogens with zero attached hydrogens (tertiary/aromatic N) is 1. The Morgan fingerprint density at radius 1 is 1.18 bits per heavy atom. The van der Waals surface area contributed by atoms with E-state index in [0.717, 1.165) is 37.6 Å². The van der Waals surface area contributed by atoms with E-state index in [-0.39, 0.29) is 0 Å². The fraction of sp³-hybridized carbons (Fsp3) is 0.538. The second-order valence-electron chi connectivity index (χ2n) is 4.24. The lowest BCUT2D eigenvalue weighted by Gasteiger charge is -2.30. The third-order valence-corrected chi connectivity index (χ3v) is 3.29. The number of benzene rings is 1. The molecular weight excluding hydrogens is 216 g/mol. The molecule has 0 amide bonds. The Hall–Kier alpha value is -1.26. The van der Waals surface area contributed by atoms with Gasteiger partial charge in [-0.1, -0.05) is 0 Å². The summed E-state index contributed by atoms with van der Waals surface area (Å²) in [6, 6.07) is 3.96. The highest BCUT2D eigenvalue weighted by atomic mass is 16.5. The van der Waals surface area contributed by atoms with Gasteiger partial charge in [0, 0.05) is 37.3 Å². The van der Waals surface area contributed by atoms with Gasteiger partial charge in [-0.2, -0.15) is 0 Å². The molecule has 0 bridgehead atoms. The Kier molecular flexibility index (Phi) is 3.86. The van der Waals surface area contributed by atoms with Gasteiger partial charge in [0.1, 0.15) is 11.5 Å². The highest BCUT2D eigenvalue weighted by Crippen LogP contribution is 2.34. The van der Waals surface area contributed by atoms with Crippen LogP contribution < -0.4 is 15.2 Å². The summed E-state index contributed by atoms with van der Waals surface area (Å²) in [7, 11) is 3.43. The van der Waals surface area contributed by atoms with Gasteiger partial charge in [0.2, 0.25) is 0 Å². The van der Waals surface area contributed by atoms with Gasteiger partial charge in [-0.3, -0.25) is 4.90 Å². The van der Waals surface area contributed by atoms with E-state index < -0.39 is 0 Å². The van der Waals surface area contributed by atoms with Crippen molar-refractivity contribution in [3.05, 3.63) is 23.3 Å². The van der Waals surface area contributed by atoms with Crippen molar-refractivity contribution in [2.75, 3.05) is 33.9 Å². The average molecular weight is 236 g/mol. The smallest absolute Gasteiger partial charge is 0.123 e. The monoisotopic (exact) mass is 236 g/mol. The minimum atomic E-state index is 0.696. The molecule has 1 heterocycles. The van der Waals surface area contributed by atoms with Crippen molar-refractivity contribution in [2.24, 2.45) is 5.73 Å². The van der Waals surface area contributed by atoms with E-state index in [2.05, 4.69) is 4.90 Å². The summed E-state index contributed by atoms with van der Waals surface area (Å²) in [6.07, 6.45) is 0.996. The topological polar surface area (TPSA) is 47.7 Å². The molecule has 0 aliphatic carbocycles. The van der Waals surface area contributed by atoms with Gasteiger partial charge in [-0.05, 0) is 18.6 Å². The van der Waals surface area contributed by atoms with Crippen molar-refractivity contribution >= 4 is 0 Å². The molecule has 2 rings (SSSR count). The summed E-state index contributed by atoms with van der Waals surface area (Å²) >= 11 is 0. The van der Waals surface area contributed by atoms with Gasteiger partial charge in [0.15, 0.2) is 0 Å². The normalized spacial score (nSPS) is 15.5. The summed E-state index contributed by atoms with van der Waals surface area (Å²) in [5, 5.41) is 0. The molecule has 0 aromatic heterocycles. The molecule has 4 heteroatoms. The van der Waals surface area contributed by atoms with Gasteiger partial charge in [-0.15, -0.1) is 0 Å². The zero-order chi connectivity index (χ0) is 12.3. The van der Waals surface area contributed by atoms with Crippen LogP contribution in [0.5, 0.6) is 11.5 Å². The van der Waals surface area contributed by atoms with E-state index in [9.17, 15) is 0 Å². The summed E-state index contributed by atoms with van der Waals surface area (Å²) in [6.45, 7) is 3.56. The highest BCUT2D eigenvalue weighted by Gasteiger charge is 2.22. The summed E-state index contributed by atoms with van der Waals surface area (Å²) in [4.78, 5) is 2.35. The van der Waals surface area contributed by atoms with E-state index in [0.29, 0.717) is 6.54 Å². The molecule has 2 N–H and O–H groups in total. The standard InChI is InChI=1S/C13H20N2O2/c1-16-12-3-4-13(17-2)11-9-15(8-6-14)7-5-10(11)12/h3-4H,5-9,14H2,1-2H3. The molecule has 1 aromatic carbocycles. The molecule has 4 nitrogen and oxygen atoms in total. The van der Waals surface area contributed by atoms with Crippen molar-refractivity contribution in [1.82, 2.24) is 4.90 Å². The van der Waals surface area contributed by atoms with Crippen LogP contribution in [0.2, 0.25) is 0 Å². The Bertz CT molecular complexity index is 393. The number of nitrogens with two attached hydrogens (primary N) is 1. The molecule has 0 radical (unpaired) electrons. The first-order chi connectivity index (χ1) is 8.30. The molecule has 0 atom stereocenters. The molecule has 0 saturated carbocycles. The molecule has 0 unspecified atom stereocenters. The molecule has 1 aliphatic rings. The number of hydrogen-bond acceptors (Lipinski definition) is 4. The zero-order valence-corrected chi connectivity index (χ0v) is 10.5. The van der Waals surface area contributed by atoms with Crippen LogP contribution in [0.15, 0.2) is 12.1 Å². The first kappa shape index (κ1) is 12.2. The number of fused-ring (bicyclic) bond motifs is 1. The Morgan fingerprint density at radius 3 is 2.41 bits per heavy atom. The van der Waals surface area contributed by atoms with Crippen LogP contribution in [-0.4, -0.2) is 38.8 Å². The third-order valence-electron chi connectivity index (χ3n) is 3.29. The number of rotatable bonds is 4. The van der Waals surface area contributed by atoms with Crippen LogP contribution >= 0.6 is 0 Å². The molecule has 1 aliphatic heterocycles. The lowest BCUT2D eigenvalue weighted by Crippen LogP contribution is -2.34. The first-order valence-electron chi connectivity index (χ1n) is 5.95. The molecule has 0 spiro atoms. The van der Waals surface area contributed by atoms with Crippen LogP contribution in [0.1, 0.15) is 11.1 Å². The van der Waals surface area contributed by atoms with Crippen molar-refractivity contribution < 1.29 is 9.47 Å². The van der Waals surface area contributed by atoms with Gasteiger partial charge < -0.3 is 15.2 Å². The Labute approximate surface area is 102 Å². The summed E-state index contributed by atoms with van der Waals surface area (Å²) < 4.78 is 10.8. The SMILES string of the molecule is COc1ccc(OC)c2c1CCN(CCN)C2. The highest BCUT2D eigenvalue weighted by molar-refractivity contribution is 5.49. The predicted octanol–water partition coefficient (Wildman–Crippen LogP) is 1.02. The van der Waals surface area contributed by atoms with Gasteiger partial charge in [0.05, 0.1) is 14.2 Å². The minimum Gasteiger partial charge on any atom is -0.496 e. The Balaban J connectivity index is 2.33. The minimum absolute atomic E-state index is 0.696. The van der Waals surface area contributed by atoms with E-state index in [1.165, 1.54) is 11.1 Å². The first-order valence-corrected chi connectivity index (χ1v) is 5.95. The van der Waals surface area contributed by atoms with Crippen molar-refractivity contribution in [1.29, 1.82) is 0 Å². The van der Waals surface area contributed by atoms with Gasteiger partial charge in [-0.25, -0.2) is 0 Å². The lowest BCUT2D eigenvalue weighted by molar-refractivity contribution is 0.252. The molecule has 0 saturated heterocycles. The fourth-order valence-corrected chi connectivity index (χ4v) is 2.43. The fourth-order valence-electron chi connectivity index (χ4n) is 2.43. The average Bonchev–Trinajstić information content (AvgIpc) is 2.37. The quantitative estimate of drug-likeness (QED) is 0.848. The van der Waals surface area contributed by atoms with Crippen molar-refractivity contribution in [3.63, 3.8) is 0 Å². The van der Waals surface area contributed by atoms with Crippen LogP contribution in [-0.2, 0) is 13.0 Å². The molecular formula is C13H20N2O2. The molecule has 1 aromatic rings. The van der Waals surface area contributed by atoms with E-state index >= 15 is 0 Å². The second kappa shape index (κ2) is 5.38. The van der Waals surface area contributed by atoms with Gasteiger partial charge >= 0.3 is 0 Å². The van der Waals surface area contributed by atoms with E-state index in [1.807, 2.05) is 12.1 Å². The van der Waals surface area contributed by atoms with E-state index in [1.54, 1.807) is 14.2 Å². The molecule has 17 heavy (non-hydrogen) atoms. The maximum Gasteiger partial charge on any atom is 0.123 e. The zero-order valence-electron chi connectivity index (χ0n) is 10.5. The van der Waals surface area contributed by atoms with E-state index in [4.69, 9.17) is 15.2 Å².